The number of nitrogens with zero attached hydrogens (tertiary/aromatic N) is 4. The van der Waals surface area contributed by atoms with Crippen LogP contribution in [0.3, 0.4) is 0 Å². The van der Waals surface area contributed by atoms with Crippen LogP contribution in [0.1, 0.15) is 17.8 Å². The van der Waals surface area contributed by atoms with Crippen LogP contribution < -0.4 is 4.90 Å². The number of hydrogen-bond acceptors (Lipinski definition) is 2. The number of imidazole rings is 2. The van der Waals surface area contributed by atoms with Crippen molar-refractivity contribution in [2.45, 2.75) is 12.8 Å². The van der Waals surface area contributed by atoms with Gasteiger partial charge in [0.15, 0.2) is 0 Å². The Morgan fingerprint density at radius 2 is 0.831 bits per heavy atom. The molecule has 4 nitrogen and oxygen atoms in total. The van der Waals surface area contributed by atoms with Crippen molar-refractivity contribution >= 4 is 39.9 Å². The maximum atomic E-state index is 5.25. The third kappa shape index (κ3) is 6.32. The lowest BCUT2D eigenvalue weighted by molar-refractivity contribution is 0.940. The second-order valence-electron chi connectivity index (χ2n) is 15.2. The molecule has 0 saturated carbocycles. The van der Waals surface area contributed by atoms with E-state index in [4.69, 9.17) is 4.98 Å². The van der Waals surface area contributed by atoms with E-state index in [1.807, 2.05) is 0 Å². The summed E-state index contributed by atoms with van der Waals surface area (Å²) in [4.78, 5) is 7.59. The molecule has 59 heavy (non-hydrogen) atoms. The van der Waals surface area contributed by atoms with E-state index < -0.39 is 0 Å². The van der Waals surface area contributed by atoms with E-state index in [0.29, 0.717) is 0 Å². The minimum atomic E-state index is 0.948. The van der Waals surface area contributed by atoms with Gasteiger partial charge in [-0.3, -0.25) is 8.97 Å². The molecule has 0 amide bonds. The maximum absolute atomic E-state index is 5.25. The molecule has 0 spiro atoms. The maximum Gasteiger partial charge on any atom is 0.220 e. The van der Waals surface area contributed by atoms with Crippen molar-refractivity contribution < 1.29 is 0 Å². The molecule has 0 radical (unpaired) electrons. The van der Waals surface area contributed by atoms with Gasteiger partial charge in [0.25, 0.3) is 0 Å². The highest BCUT2D eigenvalue weighted by atomic mass is 15.2. The lowest BCUT2D eigenvalue weighted by Gasteiger charge is -2.26. The minimum Gasteiger partial charge on any atom is -0.311 e. The van der Waals surface area contributed by atoms with Crippen LogP contribution in [0.15, 0.2) is 212 Å². The predicted octanol–water partition coefficient (Wildman–Crippen LogP) is 14.4. The van der Waals surface area contributed by atoms with E-state index >= 15 is 0 Å². The molecule has 0 N–H and O–H groups in total. The SMILES string of the molecule is C1=Cc2c(nc3n(-c4ccc(-c5ccccc5)cc4)c4ccc(-c5ccc(N(c6ccc(-c7ccccc7)cc6)c6ccc(-c7ccccc7)cc6)cc5)cc4n23)CC1. The summed E-state index contributed by atoms with van der Waals surface area (Å²) in [6, 6.07) is 74.1. The first-order valence-electron chi connectivity index (χ1n) is 20.3. The molecule has 2 aromatic heterocycles. The summed E-state index contributed by atoms with van der Waals surface area (Å²) >= 11 is 0. The van der Waals surface area contributed by atoms with Crippen LogP contribution in [-0.2, 0) is 6.42 Å². The molecule has 0 aliphatic heterocycles. The van der Waals surface area contributed by atoms with Crippen molar-refractivity contribution in [2.75, 3.05) is 4.90 Å². The average Bonchev–Trinajstić information content (AvgIpc) is 3.85. The zero-order chi connectivity index (χ0) is 39.1. The summed E-state index contributed by atoms with van der Waals surface area (Å²) < 4.78 is 4.66. The summed E-state index contributed by atoms with van der Waals surface area (Å²) in [6.07, 6.45) is 6.48. The molecule has 8 aromatic carbocycles. The molecule has 0 unspecified atom stereocenters. The monoisotopic (exact) mass is 756 g/mol. The van der Waals surface area contributed by atoms with Gasteiger partial charge in [0.2, 0.25) is 5.78 Å². The van der Waals surface area contributed by atoms with Gasteiger partial charge in [0.1, 0.15) is 0 Å². The Bertz CT molecular complexity index is 3000. The number of allylic oxidation sites excluding steroid dienone is 1. The molecule has 0 atom stereocenters. The molecule has 0 fully saturated rings. The van der Waals surface area contributed by atoms with E-state index in [2.05, 4.69) is 232 Å². The van der Waals surface area contributed by atoms with Crippen molar-refractivity contribution in [1.82, 2.24) is 14.0 Å². The van der Waals surface area contributed by atoms with Crippen molar-refractivity contribution in [3.05, 3.63) is 224 Å². The van der Waals surface area contributed by atoms with Crippen LogP contribution in [0.4, 0.5) is 17.1 Å². The van der Waals surface area contributed by atoms with Crippen LogP contribution >= 0.6 is 0 Å². The summed E-state index contributed by atoms with van der Waals surface area (Å²) in [5, 5.41) is 0. The highest BCUT2D eigenvalue weighted by molar-refractivity contribution is 5.90. The smallest absolute Gasteiger partial charge is 0.220 e. The molecule has 2 heterocycles. The number of aromatic nitrogens is 3. The first-order valence-corrected chi connectivity index (χ1v) is 20.3. The van der Waals surface area contributed by atoms with Gasteiger partial charge in [-0.25, -0.2) is 4.98 Å². The van der Waals surface area contributed by atoms with E-state index in [1.54, 1.807) is 0 Å². The Morgan fingerprint density at radius 3 is 1.32 bits per heavy atom. The summed E-state index contributed by atoms with van der Waals surface area (Å²) in [5.74, 6) is 0.948. The lowest BCUT2D eigenvalue weighted by atomic mass is 10.0. The van der Waals surface area contributed by atoms with Gasteiger partial charge in [0.05, 0.1) is 22.4 Å². The first kappa shape index (κ1) is 34.5. The number of fused-ring (bicyclic) bond motifs is 5. The number of rotatable bonds is 8. The molecule has 280 valence electrons. The van der Waals surface area contributed by atoms with E-state index in [9.17, 15) is 0 Å². The average molecular weight is 757 g/mol. The summed E-state index contributed by atoms with van der Waals surface area (Å²) in [7, 11) is 0. The highest BCUT2D eigenvalue weighted by Crippen LogP contribution is 2.39. The normalized spacial score (nSPS) is 12.2. The fourth-order valence-corrected chi connectivity index (χ4v) is 8.61. The molecule has 1 aliphatic rings. The second-order valence-corrected chi connectivity index (χ2v) is 15.2. The third-order valence-corrected chi connectivity index (χ3v) is 11.6. The van der Waals surface area contributed by atoms with Crippen molar-refractivity contribution in [3.63, 3.8) is 0 Å². The molecule has 1 aliphatic carbocycles. The highest BCUT2D eigenvalue weighted by Gasteiger charge is 2.22. The Labute approximate surface area is 344 Å². The van der Waals surface area contributed by atoms with Crippen LogP contribution in [0, 0.1) is 0 Å². The van der Waals surface area contributed by atoms with Gasteiger partial charge in [0, 0.05) is 22.7 Å². The van der Waals surface area contributed by atoms with Gasteiger partial charge in [-0.2, -0.15) is 0 Å². The summed E-state index contributed by atoms with van der Waals surface area (Å²) in [6.45, 7) is 0. The van der Waals surface area contributed by atoms with Gasteiger partial charge < -0.3 is 4.90 Å². The van der Waals surface area contributed by atoms with E-state index in [1.165, 1.54) is 39.1 Å². The molecule has 11 rings (SSSR count). The van der Waals surface area contributed by atoms with Gasteiger partial charge in [-0.15, -0.1) is 0 Å². The largest absolute Gasteiger partial charge is 0.311 e. The van der Waals surface area contributed by atoms with Crippen molar-refractivity contribution in [1.29, 1.82) is 0 Å². The first-order chi connectivity index (χ1) is 29.2. The lowest BCUT2D eigenvalue weighted by Crippen LogP contribution is -2.09. The van der Waals surface area contributed by atoms with E-state index in [0.717, 1.165) is 69.2 Å². The van der Waals surface area contributed by atoms with E-state index in [-0.39, 0.29) is 0 Å². The topological polar surface area (TPSA) is 25.5 Å². The Morgan fingerprint density at radius 1 is 0.407 bits per heavy atom. The Kier molecular flexibility index (Phi) is 8.59. The van der Waals surface area contributed by atoms with Crippen molar-refractivity contribution in [3.8, 4) is 50.2 Å². The third-order valence-electron chi connectivity index (χ3n) is 11.6. The van der Waals surface area contributed by atoms with Gasteiger partial charge >= 0.3 is 0 Å². The zero-order valence-corrected chi connectivity index (χ0v) is 32.5. The molecule has 4 heteroatoms. The Hall–Kier alpha value is -7.69. The molecule has 0 bridgehead atoms. The quantitative estimate of drug-likeness (QED) is 0.154. The number of anilines is 3. The number of hydrogen-bond donors (Lipinski definition) is 0. The van der Waals surface area contributed by atoms with Crippen LogP contribution in [-0.4, -0.2) is 14.0 Å². The molecule has 10 aromatic rings. The predicted molar refractivity (Wildman–Crippen MR) is 246 cm³/mol. The number of benzene rings is 8. The number of aryl methyl sites for hydroxylation is 1. The van der Waals surface area contributed by atoms with Crippen LogP contribution in [0.5, 0.6) is 0 Å². The zero-order valence-electron chi connectivity index (χ0n) is 32.5. The van der Waals surface area contributed by atoms with Gasteiger partial charge in [-0.05, 0) is 124 Å². The van der Waals surface area contributed by atoms with Crippen molar-refractivity contribution in [2.24, 2.45) is 0 Å². The molecule has 0 saturated heterocycles. The Balaban J connectivity index is 0.979. The standard InChI is InChI=1S/C55H40N4/c1-4-12-39(13-5-1)42-20-29-47(30-21-42)57(48-31-22-43(23-32-48)40-14-6-2-7-15-40)49-33-26-45(27-34-49)46-28-37-53-54(38-46)59-52-19-11-10-18-51(52)56-55(59)58(53)50-35-24-44(25-36-50)41-16-8-3-9-17-41/h1-9,11-17,19-38H,10,18H2. The molecular weight excluding hydrogens is 717 g/mol. The fraction of sp³-hybridized carbons (Fsp3) is 0.0364. The van der Waals surface area contributed by atoms with Crippen LogP contribution in [0.2, 0.25) is 0 Å². The fourth-order valence-electron chi connectivity index (χ4n) is 8.61. The summed E-state index contributed by atoms with van der Waals surface area (Å²) in [5.41, 5.74) is 18.5. The second kappa shape index (κ2) is 14.7. The van der Waals surface area contributed by atoms with Gasteiger partial charge in [-0.1, -0.05) is 152 Å². The molecular formula is C55H40N4. The minimum absolute atomic E-state index is 0.948. The van der Waals surface area contributed by atoms with Crippen LogP contribution in [0.25, 0.3) is 73.1 Å².